The molecule has 1 aliphatic rings. The van der Waals surface area contributed by atoms with Gasteiger partial charge in [0.15, 0.2) is 5.58 Å². The molecule has 0 bridgehead atoms. The molecule has 4 rings (SSSR count). The lowest BCUT2D eigenvalue weighted by Gasteiger charge is -2.37. The van der Waals surface area contributed by atoms with Gasteiger partial charge < -0.3 is 9.14 Å². The lowest BCUT2D eigenvalue weighted by atomic mass is 9.85. The Bertz CT molecular complexity index is 1120. The number of amides is 1. The third-order valence-corrected chi connectivity index (χ3v) is 6.51. The second-order valence-corrected chi connectivity index (χ2v) is 10.2. The summed E-state index contributed by atoms with van der Waals surface area (Å²) in [6.45, 7) is 6.06. The number of nitrogens with zero attached hydrogens (tertiary/aromatic N) is 2. The van der Waals surface area contributed by atoms with E-state index >= 15 is 0 Å². The Morgan fingerprint density at radius 1 is 1.32 bits per heavy atom. The summed E-state index contributed by atoms with van der Waals surface area (Å²) in [7, 11) is 0. The van der Waals surface area contributed by atoms with Crippen molar-refractivity contribution in [2.75, 3.05) is 9.62 Å². The zero-order chi connectivity index (χ0) is 22.2. The van der Waals surface area contributed by atoms with E-state index in [1.807, 2.05) is 57.2 Å². The Balaban J connectivity index is 1.76. The standard InChI is InChI=1S/C24H24ClN3O2S/c1-5-21(29)28(15-10-13-18(17(25)14-15)27-31-16-11-12-16)22(24(2,3)4)23-26-19-8-6-7-9-20(19)30-23/h1,6-10,13-14,16,22,27H,11-12H2,2-4H3. The highest BCUT2D eigenvalue weighted by atomic mass is 35.5. The van der Waals surface area contributed by atoms with Crippen LogP contribution in [-0.4, -0.2) is 16.1 Å². The van der Waals surface area contributed by atoms with E-state index < -0.39 is 17.4 Å². The predicted octanol–water partition coefficient (Wildman–Crippen LogP) is 6.46. The van der Waals surface area contributed by atoms with E-state index in [2.05, 4.69) is 15.6 Å². The van der Waals surface area contributed by atoms with Crippen LogP contribution in [0.25, 0.3) is 11.1 Å². The first-order valence-corrected chi connectivity index (χ1v) is 11.4. The van der Waals surface area contributed by atoms with E-state index in [-0.39, 0.29) is 0 Å². The van der Waals surface area contributed by atoms with Gasteiger partial charge in [0.25, 0.3) is 0 Å². The molecule has 1 saturated carbocycles. The number of para-hydroxylation sites is 2. The van der Waals surface area contributed by atoms with E-state index in [1.165, 1.54) is 12.8 Å². The van der Waals surface area contributed by atoms with Crippen molar-refractivity contribution in [2.45, 2.75) is 44.9 Å². The zero-order valence-electron chi connectivity index (χ0n) is 17.7. The van der Waals surface area contributed by atoms with Gasteiger partial charge >= 0.3 is 5.91 Å². The number of terminal acetylenes is 1. The Morgan fingerprint density at radius 3 is 2.68 bits per heavy atom. The number of carbonyl (C=O) groups excluding carboxylic acids is 1. The lowest BCUT2D eigenvalue weighted by molar-refractivity contribution is -0.114. The first kappa shape index (κ1) is 21.6. The van der Waals surface area contributed by atoms with E-state index in [9.17, 15) is 4.79 Å². The van der Waals surface area contributed by atoms with Crippen molar-refractivity contribution in [3.63, 3.8) is 0 Å². The van der Waals surface area contributed by atoms with Crippen molar-refractivity contribution in [3.8, 4) is 12.3 Å². The van der Waals surface area contributed by atoms with Crippen LogP contribution in [0.15, 0.2) is 46.9 Å². The average molecular weight is 454 g/mol. The minimum Gasteiger partial charge on any atom is -0.438 e. The van der Waals surface area contributed by atoms with Gasteiger partial charge in [0.2, 0.25) is 5.89 Å². The van der Waals surface area contributed by atoms with Crippen LogP contribution in [0, 0.1) is 17.8 Å². The summed E-state index contributed by atoms with van der Waals surface area (Å²) in [6, 6.07) is 12.5. The summed E-state index contributed by atoms with van der Waals surface area (Å²) in [5.41, 5.74) is 2.38. The molecule has 31 heavy (non-hydrogen) atoms. The van der Waals surface area contributed by atoms with Gasteiger partial charge in [-0.15, -0.1) is 6.42 Å². The molecule has 1 atom stereocenters. The van der Waals surface area contributed by atoms with Crippen LogP contribution in [0.4, 0.5) is 11.4 Å². The molecule has 7 heteroatoms. The molecule has 5 nitrogen and oxygen atoms in total. The number of hydrogen-bond acceptors (Lipinski definition) is 5. The molecular formula is C24H24ClN3O2S. The Hall–Kier alpha value is -2.62. The number of halogens is 1. The molecule has 0 spiro atoms. The maximum atomic E-state index is 13.0. The van der Waals surface area contributed by atoms with E-state index in [0.29, 0.717) is 27.4 Å². The largest absolute Gasteiger partial charge is 0.438 e. The second-order valence-electron chi connectivity index (χ2n) is 8.69. The van der Waals surface area contributed by atoms with Crippen LogP contribution in [0.5, 0.6) is 0 Å². The van der Waals surface area contributed by atoms with Crippen molar-refractivity contribution in [2.24, 2.45) is 5.41 Å². The van der Waals surface area contributed by atoms with Gasteiger partial charge in [-0.25, -0.2) is 4.98 Å². The fraction of sp³-hybridized carbons (Fsp3) is 0.333. The quantitative estimate of drug-likeness (QED) is 0.343. The summed E-state index contributed by atoms with van der Waals surface area (Å²) >= 11 is 8.22. The summed E-state index contributed by atoms with van der Waals surface area (Å²) in [5.74, 6) is 2.21. The Morgan fingerprint density at radius 2 is 2.06 bits per heavy atom. The van der Waals surface area contributed by atoms with Crippen LogP contribution in [0.1, 0.15) is 45.5 Å². The van der Waals surface area contributed by atoms with Gasteiger partial charge in [-0.3, -0.25) is 9.69 Å². The van der Waals surface area contributed by atoms with Gasteiger partial charge in [0, 0.05) is 10.9 Å². The third kappa shape index (κ3) is 4.68. The maximum Gasteiger partial charge on any atom is 0.303 e. The van der Waals surface area contributed by atoms with Crippen molar-refractivity contribution in [3.05, 3.63) is 53.4 Å². The van der Waals surface area contributed by atoms with E-state index in [4.69, 9.17) is 22.4 Å². The van der Waals surface area contributed by atoms with Crippen molar-refractivity contribution >= 4 is 51.9 Å². The number of anilines is 2. The van der Waals surface area contributed by atoms with Gasteiger partial charge in [-0.2, -0.15) is 0 Å². The monoisotopic (exact) mass is 453 g/mol. The molecule has 3 aromatic rings. The van der Waals surface area contributed by atoms with Gasteiger partial charge in [-0.1, -0.05) is 44.5 Å². The maximum absolute atomic E-state index is 13.0. The van der Waals surface area contributed by atoms with Crippen molar-refractivity contribution in [1.29, 1.82) is 0 Å². The Kier molecular flexibility index (Phi) is 5.92. The second kappa shape index (κ2) is 8.49. The molecule has 0 radical (unpaired) electrons. The van der Waals surface area contributed by atoms with E-state index in [1.54, 1.807) is 22.9 Å². The zero-order valence-corrected chi connectivity index (χ0v) is 19.3. The molecule has 1 amide bonds. The molecule has 2 aromatic carbocycles. The molecule has 1 aromatic heterocycles. The molecule has 0 saturated heterocycles. The summed E-state index contributed by atoms with van der Waals surface area (Å²) in [6.07, 6.45) is 8.00. The number of carbonyl (C=O) groups is 1. The number of aromatic nitrogens is 1. The average Bonchev–Trinajstić information content (AvgIpc) is 3.46. The minimum atomic E-state index is -0.529. The summed E-state index contributed by atoms with van der Waals surface area (Å²) < 4.78 is 9.36. The van der Waals surface area contributed by atoms with Crippen molar-refractivity contribution in [1.82, 2.24) is 4.98 Å². The Labute approximate surface area is 191 Å². The van der Waals surface area contributed by atoms with Crippen LogP contribution in [0.3, 0.4) is 0 Å². The van der Waals surface area contributed by atoms with Gasteiger partial charge in [-0.05, 0) is 66.5 Å². The summed E-state index contributed by atoms with van der Waals surface area (Å²) in [5, 5.41) is 1.16. The highest BCUT2D eigenvalue weighted by Crippen LogP contribution is 2.43. The number of hydrogen-bond donors (Lipinski definition) is 1. The number of nitrogens with one attached hydrogen (secondary N) is 1. The number of oxazole rings is 1. The number of rotatable bonds is 6. The SMILES string of the molecule is C#CC(=O)N(c1ccc(NSC2CC2)c(Cl)c1)C(c1nc2ccccc2o1)C(C)(C)C. The smallest absolute Gasteiger partial charge is 0.303 e. The highest BCUT2D eigenvalue weighted by Gasteiger charge is 2.39. The number of fused-ring (bicyclic) bond motifs is 1. The van der Waals surface area contributed by atoms with Crippen LogP contribution in [-0.2, 0) is 4.79 Å². The van der Waals surface area contributed by atoms with Gasteiger partial charge in [0.1, 0.15) is 11.6 Å². The molecular weight excluding hydrogens is 430 g/mol. The molecule has 1 aliphatic carbocycles. The molecule has 0 aliphatic heterocycles. The topological polar surface area (TPSA) is 58.4 Å². The lowest BCUT2D eigenvalue weighted by Crippen LogP contribution is -2.41. The van der Waals surface area contributed by atoms with Crippen molar-refractivity contribution < 1.29 is 9.21 Å². The molecule has 1 unspecified atom stereocenters. The molecule has 160 valence electrons. The van der Waals surface area contributed by atoms with Crippen LogP contribution in [0.2, 0.25) is 5.02 Å². The van der Waals surface area contributed by atoms with Crippen LogP contribution < -0.4 is 9.62 Å². The van der Waals surface area contributed by atoms with Crippen LogP contribution >= 0.6 is 23.5 Å². The fourth-order valence-electron chi connectivity index (χ4n) is 3.40. The normalized spacial score (nSPS) is 14.8. The molecule has 1 fully saturated rings. The molecule has 1 N–H and O–H groups in total. The summed E-state index contributed by atoms with van der Waals surface area (Å²) in [4.78, 5) is 19.2. The highest BCUT2D eigenvalue weighted by molar-refractivity contribution is 8.01. The van der Waals surface area contributed by atoms with Gasteiger partial charge in [0.05, 0.1) is 10.7 Å². The first-order chi connectivity index (χ1) is 14.8. The first-order valence-electron chi connectivity index (χ1n) is 10.1. The van der Waals surface area contributed by atoms with E-state index in [0.717, 1.165) is 11.2 Å². The predicted molar refractivity (Wildman–Crippen MR) is 128 cm³/mol. The molecule has 1 heterocycles. The third-order valence-electron chi connectivity index (χ3n) is 5.06. The minimum absolute atomic E-state index is 0.418. The fourth-order valence-corrected chi connectivity index (χ4v) is 4.52. The number of benzene rings is 2.